The first kappa shape index (κ1) is 10.4. The molecule has 0 aliphatic carbocycles. The van der Waals surface area contributed by atoms with Crippen LogP contribution in [-0.2, 0) is 6.42 Å². The topological polar surface area (TPSA) is 51.2 Å². The number of hydrazine groups is 1. The predicted molar refractivity (Wildman–Crippen MR) is 61.5 cm³/mol. The Kier molecular flexibility index (Phi) is 3.20. The van der Waals surface area contributed by atoms with Crippen LogP contribution in [0.5, 0.6) is 0 Å². The van der Waals surface area contributed by atoms with Gasteiger partial charge in [0.2, 0.25) is 0 Å². The largest absolute Gasteiger partial charge is 0.465 e. The van der Waals surface area contributed by atoms with Crippen molar-refractivity contribution in [3.8, 4) is 0 Å². The molecule has 2 aromatic heterocycles. The molecule has 2 heterocycles. The Morgan fingerprint density at radius 1 is 1.47 bits per heavy atom. The molecule has 0 saturated carbocycles. The maximum Gasteiger partial charge on any atom is 0.122 e. The Hall–Kier alpha value is -1.10. The Morgan fingerprint density at radius 3 is 2.87 bits per heavy atom. The fraction of sp³-hybridized carbons (Fsp3) is 0.273. The molecule has 0 spiro atoms. The maximum absolute atomic E-state index is 5.55. The molecule has 0 bridgehead atoms. The monoisotopic (exact) mass is 222 g/mol. The first-order chi connectivity index (χ1) is 7.29. The van der Waals surface area contributed by atoms with Crippen LogP contribution in [0.2, 0.25) is 0 Å². The minimum Gasteiger partial charge on any atom is -0.465 e. The van der Waals surface area contributed by atoms with Crippen LogP contribution in [0, 0.1) is 6.92 Å². The van der Waals surface area contributed by atoms with Crippen molar-refractivity contribution in [3.63, 3.8) is 0 Å². The lowest BCUT2D eigenvalue weighted by atomic mass is 10.1. The smallest absolute Gasteiger partial charge is 0.122 e. The van der Waals surface area contributed by atoms with Crippen molar-refractivity contribution in [3.05, 3.63) is 46.0 Å². The van der Waals surface area contributed by atoms with Crippen LogP contribution in [0.15, 0.2) is 34.1 Å². The van der Waals surface area contributed by atoms with Crippen LogP contribution >= 0.6 is 11.3 Å². The average molecular weight is 222 g/mol. The van der Waals surface area contributed by atoms with E-state index < -0.39 is 0 Å². The summed E-state index contributed by atoms with van der Waals surface area (Å²) in [6, 6.07) is 8.12. The summed E-state index contributed by atoms with van der Waals surface area (Å²) in [5.41, 5.74) is 2.78. The van der Waals surface area contributed by atoms with Crippen molar-refractivity contribution in [2.75, 3.05) is 0 Å². The van der Waals surface area contributed by atoms with Crippen LogP contribution in [-0.4, -0.2) is 0 Å². The van der Waals surface area contributed by atoms with Crippen molar-refractivity contribution in [1.82, 2.24) is 5.43 Å². The molecule has 0 aliphatic heterocycles. The fourth-order valence-corrected chi connectivity index (χ4v) is 2.26. The lowest BCUT2D eigenvalue weighted by Gasteiger charge is -2.11. The van der Waals surface area contributed by atoms with Gasteiger partial charge < -0.3 is 4.42 Å². The van der Waals surface area contributed by atoms with E-state index in [1.54, 1.807) is 11.3 Å². The predicted octanol–water partition coefficient (Wildman–Crippen LogP) is 2.40. The number of hydrogen-bond acceptors (Lipinski definition) is 4. The second-order valence-electron chi connectivity index (χ2n) is 3.45. The van der Waals surface area contributed by atoms with Gasteiger partial charge in [-0.25, -0.2) is 5.43 Å². The summed E-state index contributed by atoms with van der Waals surface area (Å²) in [6.07, 6.45) is 0.862. The van der Waals surface area contributed by atoms with E-state index in [9.17, 15) is 0 Å². The highest BCUT2D eigenvalue weighted by Crippen LogP contribution is 2.22. The molecule has 15 heavy (non-hydrogen) atoms. The van der Waals surface area contributed by atoms with Gasteiger partial charge in [-0.1, -0.05) is 6.07 Å². The number of hydrogen-bond donors (Lipinski definition) is 2. The van der Waals surface area contributed by atoms with E-state index in [2.05, 4.69) is 16.9 Å². The van der Waals surface area contributed by atoms with Gasteiger partial charge in [0.1, 0.15) is 11.5 Å². The molecule has 3 N–H and O–H groups in total. The number of rotatable bonds is 4. The minimum atomic E-state index is 0.0531. The molecular formula is C11H14N2OS. The minimum absolute atomic E-state index is 0.0531. The fourth-order valence-electron chi connectivity index (χ4n) is 1.51. The van der Waals surface area contributed by atoms with E-state index in [4.69, 9.17) is 10.3 Å². The molecule has 2 rings (SSSR count). The number of nitrogens with one attached hydrogen (secondary N) is 1. The van der Waals surface area contributed by atoms with E-state index in [0.29, 0.717) is 0 Å². The highest BCUT2D eigenvalue weighted by Gasteiger charge is 2.14. The first-order valence-electron chi connectivity index (χ1n) is 4.84. The zero-order valence-corrected chi connectivity index (χ0v) is 9.38. The van der Waals surface area contributed by atoms with Crippen LogP contribution in [0.3, 0.4) is 0 Å². The molecule has 0 amide bonds. The average Bonchev–Trinajstić information content (AvgIpc) is 2.85. The van der Waals surface area contributed by atoms with Gasteiger partial charge in [0.05, 0.1) is 6.04 Å². The lowest BCUT2D eigenvalue weighted by molar-refractivity contribution is 0.404. The van der Waals surface area contributed by atoms with E-state index in [-0.39, 0.29) is 6.04 Å². The summed E-state index contributed by atoms with van der Waals surface area (Å²) in [4.78, 5) is 1.30. The normalized spacial score (nSPS) is 12.9. The second kappa shape index (κ2) is 4.61. The van der Waals surface area contributed by atoms with Crippen molar-refractivity contribution >= 4 is 11.3 Å². The van der Waals surface area contributed by atoms with Crippen LogP contribution in [0.1, 0.15) is 22.4 Å². The van der Waals surface area contributed by atoms with Gasteiger partial charge in [-0.05, 0) is 30.5 Å². The Balaban J connectivity index is 2.11. The van der Waals surface area contributed by atoms with Crippen molar-refractivity contribution in [2.24, 2.45) is 5.84 Å². The molecular weight excluding hydrogens is 208 g/mol. The number of thiophene rings is 1. The molecule has 4 heteroatoms. The van der Waals surface area contributed by atoms with E-state index >= 15 is 0 Å². The third-order valence-corrected chi connectivity index (χ3v) is 3.19. The van der Waals surface area contributed by atoms with E-state index in [1.807, 2.05) is 25.1 Å². The summed E-state index contributed by atoms with van der Waals surface area (Å²) in [7, 11) is 0. The summed E-state index contributed by atoms with van der Waals surface area (Å²) in [5.74, 6) is 7.33. The van der Waals surface area contributed by atoms with Gasteiger partial charge in [0.25, 0.3) is 0 Å². The highest BCUT2D eigenvalue weighted by atomic mass is 32.1. The molecule has 2 aromatic rings. The molecule has 80 valence electrons. The van der Waals surface area contributed by atoms with Crippen molar-refractivity contribution < 1.29 is 4.42 Å². The Labute approximate surface area is 92.9 Å². The van der Waals surface area contributed by atoms with Crippen molar-refractivity contribution in [1.29, 1.82) is 0 Å². The molecule has 1 atom stereocenters. The summed E-state index contributed by atoms with van der Waals surface area (Å²) < 4.78 is 5.55. The van der Waals surface area contributed by atoms with Crippen LogP contribution in [0.4, 0.5) is 0 Å². The molecule has 1 unspecified atom stereocenters. The third kappa shape index (κ3) is 2.47. The molecule has 0 radical (unpaired) electrons. The van der Waals surface area contributed by atoms with Gasteiger partial charge in [-0.15, -0.1) is 11.3 Å². The van der Waals surface area contributed by atoms with Crippen molar-refractivity contribution in [2.45, 2.75) is 19.4 Å². The summed E-state index contributed by atoms with van der Waals surface area (Å²) in [5, 5.41) is 2.07. The molecule has 0 fully saturated rings. The van der Waals surface area contributed by atoms with Gasteiger partial charge in [0, 0.05) is 11.3 Å². The van der Waals surface area contributed by atoms with E-state index in [0.717, 1.165) is 17.9 Å². The summed E-state index contributed by atoms with van der Waals surface area (Å²) in [6.45, 7) is 1.93. The second-order valence-corrected chi connectivity index (χ2v) is 4.48. The SMILES string of the molecule is Cc1ccc(C(Cc2cccs2)NN)o1. The number of nitrogens with two attached hydrogens (primary N) is 1. The maximum atomic E-state index is 5.55. The van der Waals surface area contributed by atoms with E-state index in [1.165, 1.54) is 4.88 Å². The molecule has 3 nitrogen and oxygen atoms in total. The molecule has 0 aromatic carbocycles. The molecule has 0 saturated heterocycles. The quantitative estimate of drug-likeness (QED) is 0.617. The van der Waals surface area contributed by atoms with Gasteiger partial charge >= 0.3 is 0 Å². The van der Waals surface area contributed by atoms with Gasteiger partial charge in [-0.3, -0.25) is 5.84 Å². The van der Waals surface area contributed by atoms with Gasteiger partial charge in [0.15, 0.2) is 0 Å². The van der Waals surface area contributed by atoms with Crippen LogP contribution < -0.4 is 11.3 Å². The number of aryl methyl sites for hydroxylation is 1. The third-order valence-electron chi connectivity index (χ3n) is 2.29. The molecule has 0 aliphatic rings. The Morgan fingerprint density at radius 2 is 2.33 bits per heavy atom. The first-order valence-corrected chi connectivity index (χ1v) is 5.72. The standard InChI is InChI=1S/C11H14N2OS/c1-8-4-5-11(14-8)10(13-12)7-9-3-2-6-15-9/h2-6,10,13H,7,12H2,1H3. The summed E-state index contributed by atoms with van der Waals surface area (Å²) >= 11 is 1.73. The van der Waals surface area contributed by atoms with Gasteiger partial charge in [-0.2, -0.15) is 0 Å². The number of furan rings is 1. The highest BCUT2D eigenvalue weighted by molar-refractivity contribution is 7.09. The zero-order valence-electron chi connectivity index (χ0n) is 8.57. The van der Waals surface area contributed by atoms with Crippen LogP contribution in [0.25, 0.3) is 0 Å². The Bertz CT molecular complexity index is 408. The lowest BCUT2D eigenvalue weighted by Crippen LogP contribution is -2.29. The zero-order chi connectivity index (χ0) is 10.7.